The Balaban J connectivity index is 2.36. The molecule has 6 heteroatoms. The van der Waals surface area contributed by atoms with Gasteiger partial charge < -0.3 is 0 Å². The van der Waals surface area contributed by atoms with Crippen LogP contribution < -0.4 is 0 Å². The van der Waals surface area contributed by atoms with Crippen LogP contribution in [0.5, 0.6) is 0 Å². The Bertz CT molecular complexity index is 650. The van der Waals surface area contributed by atoms with Crippen LogP contribution in [-0.4, -0.2) is 37.4 Å². The van der Waals surface area contributed by atoms with Crippen molar-refractivity contribution in [2.75, 3.05) is 20.7 Å². The predicted molar refractivity (Wildman–Crippen MR) is 93.2 cm³/mol. The van der Waals surface area contributed by atoms with Gasteiger partial charge in [0.05, 0.1) is 12.8 Å². The first-order valence-corrected chi connectivity index (χ1v) is 7.64. The van der Waals surface area contributed by atoms with Crippen LogP contribution >= 0.6 is 23.2 Å². The number of aliphatic imine (C=N–C) groups is 1. The number of halogens is 2. The minimum Gasteiger partial charge on any atom is -0.275 e. The third kappa shape index (κ3) is 4.79. The summed E-state index contributed by atoms with van der Waals surface area (Å²) in [7, 11) is 2.98. The van der Waals surface area contributed by atoms with E-state index in [1.807, 2.05) is 24.3 Å². The third-order valence-corrected chi connectivity index (χ3v) is 3.74. The van der Waals surface area contributed by atoms with E-state index in [0.29, 0.717) is 15.8 Å². The molecule has 0 radical (unpaired) electrons. The monoisotopic (exact) mass is 350 g/mol. The van der Waals surface area contributed by atoms with E-state index in [4.69, 9.17) is 28.0 Å². The minimum absolute atomic E-state index is 0.0229. The van der Waals surface area contributed by atoms with E-state index in [0.717, 1.165) is 16.2 Å². The van der Waals surface area contributed by atoms with Gasteiger partial charge in [-0.2, -0.15) is 0 Å². The second kappa shape index (κ2) is 8.11. The van der Waals surface area contributed by atoms with Crippen molar-refractivity contribution in [3.63, 3.8) is 0 Å². The molecule has 0 N–H and O–H groups in total. The first kappa shape index (κ1) is 17.5. The molecule has 23 heavy (non-hydrogen) atoms. The van der Waals surface area contributed by atoms with Gasteiger partial charge in [0.1, 0.15) is 6.54 Å². The van der Waals surface area contributed by atoms with E-state index in [1.54, 1.807) is 31.3 Å². The van der Waals surface area contributed by atoms with Crippen molar-refractivity contribution in [1.82, 2.24) is 5.06 Å². The number of hydroxylamine groups is 2. The zero-order valence-corrected chi connectivity index (χ0v) is 14.3. The molecule has 2 aromatic carbocycles. The van der Waals surface area contributed by atoms with Crippen molar-refractivity contribution in [2.24, 2.45) is 4.99 Å². The summed E-state index contributed by atoms with van der Waals surface area (Å²) < 4.78 is 0. The van der Waals surface area contributed by atoms with Gasteiger partial charge in [-0.05, 0) is 24.3 Å². The second-order valence-corrected chi connectivity index (χ2v) is 5.63. The molecule has 0 atom stereocenters. The second-order valence-electron chi connectivity index (χ2n) is 4.75. The molecule has 0 aliphatic heterocycles. The van der Waals surface area contributed by atoms with Crippen molar-refractivity contribution >= 4 is 34.8 Å². The molecular formula is C17H16Cl2N2O2. The molecule has 0 aliphatic carbocycles. The van der Waals surface area contributed by atoms with Crippen molar-refractivity contribution in [3.05, 3.63) is 69.7 Å². The van der Waals surface area contributed by atoms with Crippen LogP contribution in [0.1, 0.15) is 11.1 Å². The predicted octanol–water partition coefficient (Wildman–Crippen LogP) is 3.85. The summed E-state index contributed by atoms with van der Waals surface area (Å²) in [6.45, 7) is -0.0229. The Kier molecular flexibility index (Phi) is 6.16. The van der Waals surface area contributed by atoms with E-state index in [9.17, 15) is 4.79 Å². The molecule has 2 aromatic rings. The molecule has 0 bridgehead atoms. The fourth-order valence-electron chi connectivity index (χ4n) is 1.91. The number of hydrogen-bond acceptors (Lipinski definition) is 3. The van der Waals surface area contributed by atoms with Crippen molar-refractivity contribution in [3.8, 4) is 0 Å². The number of rotatable bonds is 5. The van der Waals surface area contributed by atoms with Gasteiger partial charge in [0, 0.05) is 28.2 Å². The molecule has 0 saturated carbocycles. The van der Waals surface area contributed by atoms with Gasteiger partial charge in [0.15, 0.2) is 0 Å². The average Bonchev–Trinajstić information content (AvgIpc) is 2.57. The summed E-state index contributed by atoms with van der Waals surface area (Å²) in [5, 5.41) is 2.42. The topological polar surface area (TPSA) is 41.9 Å². The lowest BCUT2D eigenvalue weighted by Gasteiger charge is -2.13. The quantitative estimate of drug-likeness (QED) is 0.607. The zero-order valence-electron chi connectivity index (χ0n) is 12.8. The van der Waals surface area contributed by atoms with Gasteiger partial charge in [-0.1, -0.05) is 47.5 Å². The lowest BCUT2D eigenvalue weighted by molar-refractivity contribution is -0.166. The Labute approximate surface area is 145 Å². The van der Waals surface area contributed by atoms with E-state index in [-0.39, 0.29) is 12.5 Å². The summed E-state index contributed by atoms with van der Waals surface area (Å²) in [4.78, 5) is 21.2. The largest absolute Gasteiger partial charge is 0.275 e. The minimum atomic E-state index is -0.243. The van der Waals surface area contributed by atoms with Gasteiger partial charge in [-0.3, -0.25) is 14.6 Å². The van der Waals surface area contributed by atoms with Crippen molar-refractivity contribution in [2.45, 2.75) is 0 Å². The van der Waals surface area contributed by atoms with Gasteiger partial charge in [0.25, 0.3) is 5.91 Å². The van der Waals surface area contributed by atoms with Gasteiger partial charge >= 0.3 is 0 Å². The molecule has 0 aromatic heterocycles. The number of nitrogens with zero attached hydrogens (tertiary/aromatic N) is 2. The molecule has 0 aliphatic rings. The summed E-state index contributed by atoms with van der Waals surface area (Å²) in [6.07, 6.45) is 0. The number of amides is 1. The van der Waals surface area contributed by atoms with Gasteiger partial charge in [-0.25, -0.2) is 5.06 Å². The van der Waals surface area contributed by atoms with E-state index < -0.39 is 0 Å². The van der Waals surface area contributed by atoms with E-state index >= 15 is 0 Å². The van der Waals surface area contributed by atoms with Crippen LogP contribution in [-0.2, 0) is 9.63 Å². The van der Waals surface area contributed by atoms with Crippen molar-refractivity contribution in [1.29, 1.82) is 0 Å². The Morgan fingerprint density at radius 3 is 1.83 bits per heavy atom. The molecule has 1 amide bonds. The van der Waals surface area contributed by atoms with Crippen LogP contribution in [0.2, 0.25) is 10.0 Å². The number of carbonyl (C=O) groups is 1. The Morgan fingerprint density at radius 1 is 1.00 bits per heavy atom. The molecule has 0 heterocycles. The molecule has 0 saturated heterocycles. The first-order valence-electron chi connectivity index (χ1n) is 6.88. The first-order chi connectivity index (χ1) is 11.0. The molecule has 0 fully saturated rings. The average molecular weight is 351 g/mol. The highest BCUT2D eigenvalue weighted by Gasteiger charge is 2.11. The molecule has 4 nitrogen and oxygen atoms in total. The Morgan fingerprint density at radius 2 is 1.43 bits per heavy atom. The van der Waals surface area contributed by atoms with Gasteiger partial charge in [0.2, 0.25) is 0 Å². The standard InChI is InChI=1S/C17H16Cl2N2O2/c1-21(23-2)16(22)11-20-17(12-3-7-14(18)8-4-12)13-5-9-15(19)10-6-13/h3-10H,11H2,1-2H3. The van der Waals surface area contributed by atoms with Crippen LogP contribution in [0.4, 0.5) is 0 Å². The fourth-order valence-corrected chi connectivity index (χ4v) is 2.16. The molecule has 0 unspecified atom stereocenters. The number of carbonyl (C=O) groups excluding carboxylic acids is 1. The smallest absolute Gasteiger partial charge is 0.267 e. The normalized spacial score (nSPS) is 10.3. The van der Waals surface area contributed by atoms with Crippen LogP contribution in [0.15, 0.2) is 53.5 Å². The maximum atomic E-state index is 11.9. The highest BCUT2D eigenvalue weighted by Crippen LogP contribution is 2.17. The molecular weight excluding hydrogens is 335 g/mol. The summed E-state index contributed by atoms with van der Waals surface area (Å²) in [6, 6.07) is 14.6. The Hall–Kier alpha value is -1.88. The maximum Gasteiger partial charge on any atom is 0.267 e. The van der Waals surface area contributed by atoms with Crippen molar-refractivity contribution < 1.29 is 9.63 Å². The summed E-state index contributed by atoms with van der Waals surface area (Å²) >= 11 is 11.9. The SMILES string of the molecule is CON(C)C(=O)CN=C(c1ccc(Cl)cc1)c1ccc(Cl)cc1. The lowest BCUT2D eigenvalue weighted by atomic mass is 10.0. The van der Waals surface area contributed by atoms with E-state index in [2.05, 4.69) is 4.99 Å². The molecule has 0 spiro atoms. The van der Waals surface area contributed by atoms with Crippen LogP contribution in [0.3, 0.4) is 0 Å². The highest BCUT2D eigenvalue weighted by atomic mass is 35.5. The molecule has 2 rings (SSSR count). The summed E-state index contributed by atoms with van der Waals surface area (Å²) in [5.41, 5.74) is 2.42. The van der Waals surface area contributed by atoms with Crippen LogP contribution in [0, 0.1) is 0 Å². The lowest BCUT2D eigenvalue weighted by Crippen LogP contribution is -2.28. The highest BCUT2D eigenvalue weighted by molar-refractivity contribution is 6.31. The van der Waals surface area contributed by atoms with Crippen LogP contribution in [0.25, 0.3) is 0 Å². The summed E-state index contributed by atoms with van der Waals surface area (Å²) in [5.74, 6) is -0.243. The maximum absolute atomic E-state index is 11.9. The van der Waals surface area contributed by atoms with Gasteiger partial charge in [-0.15, -0.1) is 0 Å². The number of hydrogen-bond donors (Lipinski definition) is 0. The number of benzene rings is 2. The third-order valence-electron chi connectivity index (χ3n) is 3.23. The van der Waals surface area contributed by atoms with E-state index in [1.165, 1.54) is 7.11 Å². The fraction of sp³-hybridized carbons (Fsp3) is 0.176. The molecule has 120 valence electrons. The number of likely N-dealkylation sites (N-methyl/N-ethyl adjacent to an activating group) is 1. The zero-order chi connectivity index (χ0) is 16.8.